The van der Waals surface area contributed by atoms with Crippen molar-refractivity contribution >= 4 is 17.3 Å². The molecular formula is C23H16FNO2S. The van der Waals surface area contributed by atoms with Gasteiger partial charge < -0.3 is 5.11 Å². The summed E-state index contributed by atoms with van der Waals surface area (Å²) < 4.78 is 13.1. The highest BCUT2D eigenvalue weighted by molar-refractivity contribution is 7.13. The summed E-state index contributed by atoms with van der Waals surface area (Å²) in [7, 11) is 0. The SMILES string of the molecule is Cc1ccccc1-c1ccc(-c2nc(-c3ccc(F)cc3)cs2)cc1C(=O)O. The molecule has 1 N–H and O–H groups in total. The van der Waals surface area contributed by atoms with Gasteiger partial charge in [0.05, 0.1) is 11.3 Å². The van der Waals surface area contributed by atoms with Crippen molar-refractivity contribution in [1.82, 2.24) is 4.98 Å². The summed E-state index contributed by atoms with van der Waals surface area (Å²) in [5.41, 5.74) is 5.14. The number of hydrogen-bond donors (Lipinski definition) is 1. The predicted molar refractivity (Wildman–Crippen MR) is 110 cm³/mol. The Morgan fingerprint density at radius 2 is 1.68 bits per heavy atom. The molecule has 0 aliphatic heterocycles. The van der Waals surface area contributed by atoms with E-state index in [1.54, 1.807) is 18.2 Å². The Morgan fingerprint density at radius 3 is 2.39 bits per heavy atom. The summed E-state index contributed by atoms with van der Waals surface area (Å²) in [6.45, 7) is 1.96. The minimum Gasteiger partial charge on any atom is -0.478 e. The van der Waals surface area contributed by atoms with E-state index in [-0.39, 0.29) is 11.4 Å². The number of thiazole rings is 1. The molecule has 0 spiro atoms. The molecule has 0 aliphatic carbocycles. The van der Waals surface area contributed by atoms with E-state index >= 15 is 0 Å². The van der Waals surface area contributed by atoms with Crippen molar-refractivity contribution in [3.63, 3.8) is 0 Å². The quantitative estimate of drug-likeness (QED) is 0.446. The molecule has 3 nitrogen and oxygen atoms in total. The lowest BCUT2D eigenvalue weighted by molar-refractivity contribution is 0.0698. The van der Waals surface area contributed by atoms with Crippen molar-refractivity contribution in [2.24, 2.45) is 0 Å². The molecule has 0 aliphatic rings. The van der Waals surface area contributed by atoms with Crippen LogP contribution in [0, 0.1) is 12.7 Å². The second kappa shape index (κ2) is 7.37. The number of carboxylic acid groups (broad SMARTS) is 1. The lowest BCUT2D eigenvalue weighted by atomic mass is 9.94. The monoisotopic (exact) mass is 389 g/mol. The molecule has 0 radical (unpaired) electrons. The Bertz CT molecular complexity index is 1170. The van der Waals surface area contributed by atoms with E-state index in [0.29, 0.717) is 5.56 Å². The average molecular weight is 389 g/mol. The first-order valence-electron chi connectivity index (χ1n) is 8.68. The van der Waals surface area contributed by atoms with Gasteiger partial charge in [-0.3, -0.25) is 0 Å². The van der Waals surface area contributed by atoms with Gasteiger partial charge in [0, 0.05) is 16.5 Å². The van der Waals surface area contributed by atoms with Crippen LogP contribution in [0.5, 0.6) is 0 Å². The molecule has 0 fully saturated rings. The standard InChI is InChI=1S/C23H16FNO2S/c1-14-4-2-3-5-18(14)19-11-8-16(12-20(19)23(26)27)22-25-21(13-28-22)15-6-9-17(24)10-7-15/h2-13H,1H3,(H,26,27). The van der Waals surface area contributed by atoms with Crippen LogP contribution in [-0.2, 0) is 0 Å². The highest BCUT2D eigenvalue weighted by Gasteiger charge is 2.16. The molecule has 1 heterocycles. The first-order chi connectivity index (χ1) is 13.5. The van der Waals surface area contributed by atoms with Crippen molar-refractivity contribution in [2.75, 3.05) is 0 Å². The van der Waals surface area contributed by atoms with Crippen LogP contribution in [0.4, 0.5) is 4.39 Å². The zero-order valence-corrected chi connectivity index (χ0v) is 15.8. The summed E-state index contributed by atoms with van der Waals surface area (Å²) in [4.78, 5) is 16.5. The maximum absolute atomic E-state index is 13.1. The summed E-state index contributed by atoms with van der Waals surface area (Å²) in [6.07, 6.45) is 0. The number of carboxylic acids is 1. The zero-order chi connectivity index (χ0) is 19.7. The summed E-state index contributed by atoms with van der Waals surface area (Å²) in [5, 5.41) is 12.4. The number of aromatic carboxylic acids is 1. The van der Waals surface area contributed by atoms with Crippen LogP contribution in [0.3, 0.4) is 0 Å². The molecule has 0 saturated carbocycles. The van der Waals surface area contributed by atoms with Crippen LogP contribution in [0.15, 0.2) is 72.1 Å². The van der Waals surface area contributed by atoms with Gasteiger partial charge in [-0.15, -0.1) is 11.3 Å². The number of carbonyl (C=O) groups is 1. The topological polar surface area (TPSA) is 50.2 Å². The van der Waals surface area contributed by atoms with Gasteiger partial charge in [-0.1, -0.05) is 36.4 Å². The van der Waals surface area contributed by atoms with E-state index in [4.69, 9.17) is 0 Å². The fraction of sp³-hybridized carbons (Fsp3) is 0.0435. The minimum atomic E-state index is -0.976. The van der Waals surface area contributed by atoms with E-state index in [2.05, 4.69) is 4.98 Å². The third kappa shape index (κ3) is 3.44. The Labute approximate surface area is 165 Å². The fourth-order valence-electron chi connectivity index (χ4n) is 3.12. The second-order valence-electron chi connectivity index (χ2n) is 6.43. The molecule has 3 aromatic carbocycles. The Balaban J connectivity index is 1.76. The molecular weight excluding hydrogens is 373 g/mol. The van der Waals surface area contributed by atoms with Crippen LogP contribution in [0.1, 0.15) is 15.9 Å². The first kappa shape index (κ1) is 18.1. The van der Waals surface area contributed by atoms with Crippen LogP contribution in [0.25, 0.3) is 33.0 Å². The lowest BCUT2D eigenvalue weighted by Crippen LogP contribution is -2.01. The van der Waals surface area contributed by atoms with E-state index < -0.39 is 5.97 Å². The first-order valence-corrected chi connectivity index (χ1v) is 9.56. The van der Waals surface area contributed by atoms with Crippen molar-refractivity contribution in [3.05, 3.63) is 89.1 Å². The van der Waals surface area contributed by atoms with Gasteiger partial charge >= 0.3 is 5.97 Å². The highest BCUT2D eigenvalue weighted by Crippen LogP contribution is 2.33. The summed E-state index contributed by atoms with van der Waals surface area (Å²) in [5.74, 6) is -1.27. The maximum Gasteiger partial charge on any atom is 0.336 e. The molecule has 138 valence electrons. The molecule has 4 rings (SSSR count). The summed E-state index contributed by atoms with van der Waals surface area (Å²) >= 11 is 1.43. The van der Waals surface area contributed by atoms with Crippen molar-refractivity contribution < 1.29 is 14.3 Å². The normalized spacial score (nSPS) is 10.8. The molecule has 5 heteroatoms. The third-order valence-electron chi connectivity index (χ3n) is 4.58. The molecule has 0 amide bonds. The van der Waals surface area contributed by atoms with Crippen LogP contribution in [-0.4, -0.2) is 16.1 Å². The van der Waals surface area contributed by atoms with Gasteiger partial charge in [0.2, 0.25) is 0 Å². The lowest BCUT2D eigenvalue weighted by Gasteiger charge is -2.10. The van der Waals surface area contributed by atoms with E-state index in [9.17, 15) is 14.3 Å². The predicted octanol–water partition coefficient (Wildman–Crippen LogP) is 6.29. The average Bonchev–Trinajstić information content (AvgIpc) is 3.19. The number of aryl methyl sites for hydroxylation is 1. The van der Waals surface area contributed by atoms with Gasteiger partial charge in [0.25, 0.3) is 0 Å². The second-order valence-corrected chi connectivity index (χ2v) is 7.28. The molecule has 0 saturated heterocycles. The smallest absolute Gasteiger partial charge is 0.336 e. The van der Waals surface area contributed by atoms with E-state index in [1.807, 2.05) is 48.7 Å². The zero-order valence-electron chi connectivity index (χ0n) is 15.0. The van der Waals surface area contributed by atoms with Crippen LogP contribution in [0.2, 0.25) is 0 Å². The summed E-state index contributed by atoms with van der Waals surface area (Å²) in [6, 6.07) is 19.3. The van der Waals surface area contributed by atoms with Gasteiger partial charge in [0.15, 0.2) is 0 Å². The van der Waals surface area contributed by atoms with Gasteiger partial charge in [0.1, 0.15) is 10.8 Å². The third-order valence-corrected chi connectivity index (χ3v) is 5.47. The van der Waals surface area contributed by atoms with Crippen LogP contribution >= 0.6 is 11.3 Å². The van der Waals surface area contributed by atoms with Gasteiger partial charge in [-0.05, 0) is 53.9 Å². The van der Waals surface area contributed by atoms with Gasteiger partial charge in [-0.25, -0.2) is 14.2 Å². The Kier molecular flexibility index (Phi) is 4.75. The molecule has 4 aromatic rings. The van der Waals surface area contributed by atoms with E-state index in [1.165, 1.54) is 23.5 Å². The number of rotatable bonds is 4. The molecule has 0 atom stereocenters. The van der Waals surface area contributed by atoms with Crippen molar-refractivity contribution in [3.8, 4) is 33.0 Å². The maximum atomic E-state index is 13.1. The number of hydrogen-bond acceptors (Lipinski definition) is 3. The van der Waals surface area contributed by atoms with Gasteiger partial charge in [-0.2, -0.15) is 0 Å². The minimum absolute atomic E-state index is 0.241. The number of nitrogens with zero attached hydrogens (tertiary/aromatic N) is 1. The number of halogens is 1. The van der Waals surface area contributed by atoms with E-state index in [0.717, 1.165) is 33.0 Å². The molecule has 1 aromatic heterocycles. The highest BCUT2D eigenvalue weighted by atomic mass is 32.1. The van der Waals surface area contributed by atoms with Crippen molar-refractivity contribution in [1.29, 1.82) is 0 Å². The number of benzene rings is 3. The molecule has 0 unspecified atom stereocenters. The fourth-order valence-corrected chi connectivity index (χ4v) is 3.95. The Morgan fingerprint density at radius 1 is 0.964 bits per heavy atom. The number of aromatic nitrogens is 1. The molecule has 28 heavy (non-hydrogen) atoms. The van der Waals surface area contributed by atoms with Crippen LogP contribution < -0.4 is 0 Å². The Hall–Kier alpha value is -3.31. The largest absolute Gasteiger partial charge is 0.478 e. The van der Waals surface area contributed by atoms with Crippen molar-refractivity contribution in [2.45, 2.75) is 6.92 Å². The molecule has 0 bridgehead atoms.